The minimum atomic E-state index is -0.425. The van der Waals surface area contributed by atoms with Crippen molar-refractivity contribution in [2.24, 2.45) is 5.41 Å². The van der Waals surface area contributed by atoms with Gasteiger partial charge in [-0.25, -0.2) is 4.39 Å². The molecule has 0 unspecified atom stereocenters. The van der Waals surface area contributed by atoms with Gasteiger partial charge in [0, 0.05) is 35.8 Å². The molecule has 30 heavy (non-hydrogen) atoms. The minimum Gasteiger partial charge on any atom is -0.367 e. The van der Waals surface area contributed by atoms with E-state index in [1.54, 1.807) is 6.07 Å². The standard InChI is InChI=1S/C24H30F2N2OS/c1-16-11-20(28-9-7-17-12-19(26)6-5-18(17)15-28)13-21(30-10-8-25)23(16)27-22(29)14-24(2,3)4/h5-6,11-13H,7-10,14-15H2,1-4H3,(H,27,29). The molecule has 3 nitrogen and oxygen atoms in total. The van der Waals surface area contributed by atoms with Gasteiger partial charge in [-0.15, -0.1) is 11.8 Å². The van der Waals surface area contributed by atoms with Crippen molar-refractivity contribution in [2.45, 2.75) is 52.0 Å². The van der Waals surface area contributed by atoms with Crippen molar-refractivity contribution in [2.75, 3.05) is 29.2 Å². The Balaban J connectivity index is 1.87. The molecule has 0 saturated carbocycles. The summed E-state index contributed by atoms with van der Waals surface area (Å²) in [6, 6.07) is 9.08. The van der Waals surface area contributed by atoms with Crippen LogP contribution in [-0.4, -0.2) is 24.9 Å². The van der Waals surface area contributed by atoms with E-state index in [9.17, 15) is 13.6 Å². The van der Waals surface area contributed by atoms with Crippen LogP contribution < -0.4 is 10.2 Å². The lowest BCUT2D eigenvalue weighted by atomic mass is 9.92. The van der Waals surface area contributed by atoms with Crippen LogP contribution in [0, 0.1) is 18.2 Å². The quantitative estimate of drug-likeness (QED) is 0.557. The number of hydrogen-bond donors (Lipinski definition) is 1. The van der Waals surface area contributed by atoms with Crippen molar-refractivity contribution in [3.63, 3.8) is 0 Å². The highest BCUT2D eigenvalue weighted by molar-refractivity contribution is 7.99. The van der Waals surface area contributed by atoms with Gasteiger partial charge in [0.25, 0.3) is 0 Å². The maximum absolute atomic E-state index is 13.5. The minimum absolute atomic E-state index is 0.0330. The number of thioether (sulfide) groups is 1. The molecule has 2 aromatic rings. The molecule has 0 bridgehead atoms. The number of nitrogens with one attached hydrogen (secondary N) is 1. The van der Waals surface area contributed by atoms with Crippen LogP contribution >= 0.6 is 11.8 Å². The second-order valence-corrected chi connectivity index (χ2v) is 10.2. The van der Waals surface area contributed by atoms with Gasteiger partial charge in [-0.1, -0.05) is 26.8 Å². The fraction of sp³-hybridized carbons (Fsp3) is 0.458. The van der Waals surface area contributed by atoms with Crippen LogP contribution in [0.4, 0.5) is 20.2 Å². The number of carbonyl (C=O) groups excluding carboxylic acids is 1. The van der Waals surface area contributed by atoms with E-state index in [0.29, 0.717) is 18.7 Å². The summed E-state index contributed by atoms with van der Waals surface area (Å²) in [6.45, 7) is 9.13. The predicted octanol–water partition coefficient (Wildman–Crippen LogP) is 6.13. The van der Waals surface area contributed by atoms with Crippen LogP contribution in [0.25, 0.3) is 0 Å². The van der Waals surface area contributed by atoms with Crippen molar-refractivity contribution in [1.29, 1.82) is 0 Å². The van der Waals surface area contributed by atoms with Crippen molar-refractivity contribution in [3.05, 3.63) is 52.8 Å². The molecular weight excluding hydrogens is 402 g/mol. The van der Waals surface area contributed by atoms with Crippen LogP contribution in [0.5, 0.6) is 0 Å². The normalized spacial score (nSPS) is 13.9. The highest BCUT2D eigenvalue weighted by atomic mass is 32.2. The molecule has 1 amide bonds. The summed E-state index contributed by atoms with van der Waals surface area (Å²) in [5.41, 5.74) is 4.84. The van der Waals surface area contributed by atoms with Gasteiger partial charge in [-0.05, 0) is 59.7 Å². The van der Waals surface area contributed by atoms with Crippen LogP contribution in [0.1, 0.15) is 43.9 Å². The van der Waals surface area contributed by atoms with E-state index in [4.69, 9.17) is 0 Å². The Kier molecular flexibility index (Phi) is 7.06. The van der Waals surface area contributed by atoms with E-state index in [1.165, 1.54) is 17.8 Å². The summed E-state index contributed by atoms with van der Waals surface area (Å²) in [5.74, 6) is 0.111. The largest absolute Gasteiger partial charge is 0.367 e. The summed E-state index contributed by atoms with van der Waals surface area (Å²) in [7, 11) is 0. The number of nitrogens with zero attached hydrogens (tertiary/aromatic N) is 1. The lowest BCUT2D eigenvalue weighted by molar-refractivity contribution is -0.117. The second kappa shape index (κ2) is 9.38. The fourth-order valence-corrected chi connectivity index (χ4v) is 4.61. The molecule has 0 spiro atoms. The molecule has 1 N–H and O–H groups in total. The van der Waals surface area contributed by atoms with Crippen molar-refractivity contribution < 1.29 is 13.6 Å². The Morgan fingerprint density at radius 1 is 1.20 bits per heavy atom. The van der Waals surface area contributed by atoms with Gasteiger partial charge < -0.3 is 10.2 Å². The molecule has 0 radical (unpaired) electrons. The van der Waals surface area contributed by atoms with Crippen LogP contribution in [0.2, 0.25) is 0 Å². The maximum Gasteiger partial charge on any atom is 0.224 e. The highest BCUT2D eigenvalue weighted by Gasteiger charge is 2.21. The fourth-order valence-electron chi connectivity index (χ4n) is 3.75. The number of benzene rings is 2. The molecule has 162 valence electrons. The number of aryl methyl sites for hydroxylation is 1. The first kappa shape index (κ1) is 22.6. The SMILES string of the molecule is Cc1cc(N2CCc3cc(F)ccc3C2)cc(SCCF)c1NC(=O)CC(C)(C)C. The monoisotopic (exact) mass is 432 g/mol. The number of fused-ring (bicyclic) bond motifs is 1. The molecule has 2 aromatic carbocycles. The summed E-state index contributed by atoms with van der Waals surface area (Å²) in [4.78, 5) is 15.7. The zero-order valence-electron chi connectivity index (χ0n) is 18.1. The van der Waals surface area contributed by atoms with Crippen LogP contribution in [0.3, 0.4) is 0 Å². The number of anilines is 2. The maximum atomic E-state index is 13.5. The van der Waals surface area contributed by atoms with E-state index in [2.05, 4.69) is 16.3 Å². The molecule has 1 aliphatic heterocycles. The van der Waals surface area contributed by atoms with Gasteiger partial charge in [-0.3, -0.25) is 9.18 Å². The molecule has 3 rings (SSSR count). The summed E-state index contributed by atoms with van der Waals surface area (Å²) < 4.78 is 26.4. The van der Waals surface area contributed by atoms with Gasteiger partial charge in [0.1, 0.15) is 5.82 Å². The first-order chi connectivity index (χ1) is 14.2. The molecule has 0 saturated heterocycles. The van der Waals surface area contributed by atoms with E-state index in [-0.39, 0.29) is 17.1 Å². The van der Waals surface area contributed by atoms with Crippen molar-refractivity contribution in [1.82, 2.24) is 0 Å². The Morgan fingerprint density at radius 3 is 2.67 bits per heavy atom. The topological polar surface area (TPSA) is 32.3 Å². The number of rotatable bonds is 6. The summed E-state index contributed by atoms with van der Waals surface area (Å²) in [6.07, 6.45) is 1.20. The molecule has 0 aromatic heterocycles. The van der Waals surface area contributed by atoms with E-state index in [1.807, 2.05) is 39.8 Å². The number of amides is 1. The van der Waals surface area contributed by atoms with Gasteiger partial charge >= 0.3 is 0 Å². The van der Waals surface area contributed by atoms with Crippen LogP contribution in [0.15, 0.2) is 35.2 Å². The van der Waals surface area contributed by atoms with Crippen molar-refractivity contribution in [3.8, 4) is 0 Å². The molecule has 0 atom stereocenters. The summed E-state index contributed by atoms with van der Waals surface area (Å²) in [5, 5.41) is 3.05. The van der Waals surface area contributed by atoms with E-state index < -0.39 is 6.67 Å². The smallest absolute Gasteiger partial charge is 0.224 e. The third-order valence-corrected chi connectivity index (χ3v) is 6.11. The third-order valence-electron chi connectivity index (χ3n) is 5.12. The Hall–Kier alpha value is -2.08. The highest BCUT2D eigenvalue weighted by Crippen LogP contribution is 2.37. The first-order valence-electron chi connectivity index (χ1n) is 10.3. The molecule has 6 heteroatoms. The third kappa shape index (κ3) is 5.75. The molecule has 1 aliphatic rings. The first-order valence-corrected chi connectivity index (χ1v) is 11.3. The van der Waals surface area contributed by atoms with Gasteiger partial charge in [0.05, 0.1) is 12.4 Å². The Morgan fingerprint density at radius 2 is 1.97 bits per heavy atom. The second-order valence-electron chi connectivity index (χ2n) is 9.04. The van der Waals surface area contributed by atoms with Gasteiger partial charge in [-0.2, -0.15) is 0 Å². The van der Waals surface area contributed by atoms with Crippen LogP contribution in [-0.2, 0) is 17.8 Å². The summed E-state index contributed by atoms with van der Waals surface area (Å²) >= 11 is 1.42. The number of hydrogen-bond acceptors (Lipinski definition) is 3. The van der Waals surface area contributed by atoms with Gasteiger partial charge in [0.15, 0.2) is 0 Å². The Bertz CT molecular complexity index is 924. The zero-order chi connectivity index (χ0) is 21.9. The number of carbonyl (C=O) groups is 1. The van der Waals surface area contributed by atoms with E-state index >= 15 is 0 Å². The lowest BCUT2D eigenvalue weighted by Crippen LogP contribution is -2.30. The average molecular weight is 433 g/mol. The molecule has 1 heterocycles. The number of alkyl halides is 1. The molecule has 0 fully saturated rings. The molecular formula is C24H30F2N2OS. The van der Waals surface area contributed by atoms with Crippen molar-refractivity contribution >= 4 is 29.0 Å². The van der Waals surface area contributed by atoms with Gasteiger partial charge in [0.2, 0.25) is 5.91 Å². The lowest BCUT2D eigenvalue weighted by Gasteiger charge is -2.32. The zero-order valence-corrected chi connectivity index (χ0v) is 19.0. The number of halogens is 2. The Labute approximate surface area is 182 Å². The predicted molar refractivity (Wildman–Crippen MR) is 122 cm³/mol. The van der Waals surface area contributed by atoms with E-state index in [0.717, 1.165) is 45.9 Å². The molecule has 0 aliphatic carbocycles. The average Bonchev–Trinajstić information content (AvgIpc) is 2.66.